The van der Waals surface area contributed by atoms with E-state index >= 15 is 0 Å². The Balaban J connectivity index is 2.18. The second-order valence-electron chi connectivity index (χ2n) is 4.94. The summed E-state index contributed by atoms with van der Waals surface area (Å²) in [7, 11) is 6.14. The molecule has 6 nitrogen and oxygen atoms in total. The van der Waals surface area contributed by atoms with Gasteiger partial charge in [-0.25, -0.2) is 0 Å². The monoisotopic (exact) mass is 331 g/mol. The van der Waals surface area contributed by atoms with Gasteiger partial charge in [0.2, 0.25) is 0 Å². The third-order valence-electron chi connectivity index (χ3n) is 3.55. The fourth-order valence-electron chi connectivity index (χ4n) is 2.24. The average Bonchev–Trinajstić information content (AvgIpc) is 2.65. The van der Waals surface area contributed by atoms with Crippen LogP contribution in [-0.2, 0) is 6.54 Å². The number of benzene rings is 2. The molecule has 0 saturated heterocycles. The minimum absolute atomic E-state index is 0.290. The maximum absolute atomic E-state index is 12.6. The fourth-order valence-corrected chi connectivity index (χ4v) is 2.24. The molecule has 0 bridgehead atoms. The Labute approximate surface area is 141 Å². The third kappa shape index (κ3) is 3.90. The van der Waals surface area contributed by atoms with Gasteiger partial charge in [-0.3, -0.25) is 4.79 Å². The van der Waals surface area contributed by atoms with Crippen molar-refractivity contribution in [2.45, 2.75) is 6.54 Å². The van der Waals surface area contributed by atoms with Gasteiger partial charge in [0.25, 0.3) is 5.91 Å². The average molecular weight is 331 g/mol. The van der Waals surface area contributed by atoms with Gasteiger partial charge in [-0.1, -0.05) is 12.1 Å². The number of ether oxygens (including phenoxy) is 4. The van der Waals surface area contributed by atoms with Crippen molar-refractivity contribution in [2.75, 3.05) is 28.4 Å². The first kappa shape index (κ1) is 17.5. The fraction of sp³-hybridized carbons (Fsp3) is 0.278. The highest BCUT2D eigenvalue weighted by Crippen LogP contribution is 2.33. The predicted octanol–water partition coefficient (Wildman–Crippen LogP) is 2.65. The Morgan fingerprint density at radius 2 is 1.38 bits per heavy atom. The zero-order valence-corrected chi connectivity index (χ0v) is 14.2. The lowest BCUT2D eigenvalue weighted by Gasteiger charge is -2.15. The lowest BCUT2D eigenvalue weighted by Crippen LogP contribution is -2.24. The van der Waals surface area contributed by atoms with Crippen LogP contribution < -0.4 is 24.3 Å². The van der Waals surface area contributed by atoms with Gasteiger partial charge in [0.1, 0.15) is 28.6 Å². The molecule has 0 aliphatic heterocycles. The summed E-state index contributed by atoms with van der Waals surface area (Å²) in [5.74, 6) is 1.80. The normalized spacial score (nSPS) is 10.0. The summed E-state index contributed by atoms with van der Waals surface area (Å²) in [5, 5.41) is 2.86. The van der Waals surface area contributed by atoms with E-state index in [9.17, 15) is 4.79 Å². The van der Waals surface area contributed by atoms with Crippen LogP contribution in [0.25, 0.3) is 0 Å². The maximum Gasteiger partial charge on any atom is 0.259 e. The van der Waals surface area contributed by atoms with Crippen LogP contribution in [0.5, 0.6) is 23.0 Å². The van der Waals surface area contributed by atoms with Crippen LogP contribution in [-0.4, -0.2) is 34.3 Å². The van der Waals surface area contributed by atoms with E-state index in [1.165, 1.54) is 21.3 Å². The largest absolute Gasteiger partial charge is 0.497 e. The summed E-state index contributed by atoms with van der Waals surface area (Å²) in [4.78, 5) is 12.6. The molecule has 2 rings (SSSR count). The van der Waals surface area contributed by atoms with Crippen molar-refractivity contribution in [1.29, 1.82) is 0 Å². The number of carbonyl (C=O) groups excluding carboxylic acids is 1. The molecule has 1 N–H and O–H groups in total. The summed E-state index contributed by atoms with van der Waals surface area (Å²) in [6, 6.07) is 10.8. The molecule has 24 heavy (non-hydrogen) atoms. The molecule has 2 aromatic carbocycles. The summed E-state index contributed by atoms with van der Waals surface area (Å²) < 4.78 is 20.9. The molecule has 1 amide bonds. The molecule has 0 aromatic heterocycles. The van der Waals surface area contributed by atoms with Gasteiger partial charge in [0, 0.05) is 18.7 Å². The van der Waals surface area contributed by atoms with Crippen LogP contribution >= 0.6 is 0 Å². The second kappa shape index (κ2) is 8.10. The summed E-state index contributed by atoms with van der Waals surface area (Å²) >= 11 is 0. The van der Waals surface area contributed by atoms with Crippen LogP contribution in [0, 0.1) is 0 Å². The number of hydrogen-bond donors (Lipinski definition) is 1. The number of amides is 1. The second-order valence-corrected chi connectivity index (χ2v) is 4.94. The van der Waals surface area contributed by atoms with Gasteiger partial charge in [0.05, 0.1) is 28.4 Å². The van der Waals surface area contributed by atoms with Crippen molar-refractivity contribution in [1.82, 2.24) is 5.32 Å². The van der Waals surface area contributed by atoms with Crippen LogP contribution in [0.1, 0.15) is 15.9 Å². The van der Waals surface area contributed by atoms with E-state index < -0.39 is 0 Å². The molecule has 0 unspecified atom stereocenters. The number of rotatable bonds is 7. The maximum atomic E-state index is 12.6. The quantitative estimate of drug-likeness (QED) is 0.845. The molecular weight excluding hydrogens is 310 g/mol. The Kier molecular flexibility index (Phi) is 5.89. The van der Waals surface area contributed by atoms with Crippen LogP contribution in [0.2, 0.25) is 0 Å². The lowest BCUT2D eigenvalue weighted by atomic mass is 10.1. The van der Waals surface area contributed by atoms with Crippen LogP contribution in [0.4, 0.5) is 0 Å². The van der Waals surface area contributed by atoms with Crippen LogP contribution in [0.15, 0.2) is 36.4 Å². The van der Waals surface area contributed by atoms with Crippen molar-refractivity contribution < 1.29 is 23.7 Å². The van der Waals surface area contributed by atoms with E-state index in [4.69, 9.17) is 18.9 Å². The molecule has 0 spiro atoms. The van der Waals surface area contributed by atoms with Gasteiger partial charge in [-0.05, 0) is 17.7 Å². The highest BCUT2D eigenvalue weighted by atomic mass is 16.5. The minimum atomic E-state index is -0.290. The van der Waals surface area contributed by atoms with Gasteiger partial charge in [0.15, 0.2) is 0 Å². The van der Waals surface area contributed by atoms with E-state index in [0.29, 0.717) is 29.4 Å². The molecule has 6 heteroatoms. The molecule has 0 aliphatic rings. The molecular formula is C18H21NO5. The van der Waals surface area contributed by atoms with Gasteiger partial charge in [-0.2, -0.15) is 0 Å². The first-order valence-electron chi connectivity index (χ1n) is 7.34. The molecule has 0 saturated carbocycles. The predicted molar refractivity (Wildman–Crippen MR) is 90.3 cm³/mol. The van der Waals surface area contributed by atoms with E-state index in [1.807, 2.05) is 24.3 Å². The topological polar surface area (TPSA) is 66.0 Å². The van der Waals surface area contributed by atoms with Gasteiger partial charge >= 0.3 is 0 Å². The first-order chi connectivity index (χ1) is 11.6. The zero-order valence-electron chi connectivity index (χ0n) is 14.2. The Morgan fingerprint density at radius 3 is 1.83 bits per heavy atom. The molecule has 2 aromatic rings. The van der Waals surface area contributed by atoms with Crippen LogP contribution in [0.3, 0.4) is 0 Å². The number of nitrogens with one attached hydrogen (secondary N) is 1. The molecule has 0 radical (unpaired) electrons. The lowest BCUT2D eigenvalue weighted by molar-refractivity contribution is 0.0944. The first-order valence-corrected chi connectivity index (χ1v) is 7.34. The van der Waals surface area contributed by atoms with E-state index in [-0.39, 0.29) is 5.91 Å². The molecule has 0 fully saturated rings. The number of methoxy groups -OCH3 is 4. The summed E-state index contributed by atoms with van der Waals surface area (Å²) in [6.07, 6.45) is 0. The van der Waals surface area contributed by atoms with Crippen molar-refractivity contribution in [3.05, 3.63) is 47.5 Å². The third-order valence-corrected chi connectivity index (χ3v) is 3.55. The van der Waals surface area contributed by atoms with E-state index in [2.05, 4.69) is 5.32 Å². The van der Waals surface area contributed by atoms with Gasteiger partial charge < -0.3 is 24.3 Å². The highest BCUT2D eigenvalue weighted by molar-refractivity contribution is 6.00. The highest BCUT2D eigenvalue weighted by Gasteiger charge is 2.20. The number of hydrogen-bond acceptors (Lipinski definition) is 5. The smallest absolute Gasteiger partial charge is 0.259 e. The van der Waals surface area contributed by atoms with E-state index in [0.717, 1.165) is 11.3 Å². The van der Waals surface area contributed by atoms with Crippen molar-refractivity contribution in [3.8, 4) is 23.0 Å². The Hall–Kier alpha value is -2.89. The number of carbonyl (C=O) groups is 1. The van der Waals surface area contributed by atoms with Crippen molar-refractivity contribution >= 4 is 5.91 Å². The minimum Gasteiger partial charge on any atom is -0.497 e. The van der Waals surface area contributed by atoms with Crippen molar-refractivity contribution in [2.24, 2.45) is 0 Å². The molecule has 0 heterocycles. The summed E-state index contributed by atoms with van der Waals surface area (Å²) in [5.41, 5.74) is 1.28. The van der Waals surface area contributed by atoms with E-state index in [1.54, 1.807) is 19.2 Å². The molecule has 0 atom stereocenters. The van der Waals surface area contributed by atoms with Crippen molar-refractivity contribution in [3.63, 3.8) is 0 Å². The Morgan fingerprint density at radius 1 is 0.833 bits per heavy atom. The zero-order chi connectivity index (χ0) is 17.5. The molecule has 0 aliphatic carbocycles. The standard InChI is InChI=1S/C18H21NO5/c1-21-13-7-5-12(6-8-13)11-19-18(20)17-15(23-3)9-14(22-2)10-16(17)24-4/h5-10H,11H2,1-4H3,(H,19,20). The Bertz CT molecular complexity index is 672. The molecule has 128 valence electrons. The SMILES string of the molecule is COc1ccc(CNC(=O)c2c(OC)cc(OC)cc2OC)cc1. The van der Waals surface area contributed by atoms with Gasteiger partial charge in [-0.15, -0.1) is 0 Å². The summed E-state index contributed by atoms with van der Waals surface area (Å²) in [6.45, 7) is 0.376.